The van der Waals surface area contributed by atoms with Crippen molar-refractivity contribution in [2.75, 3.05) is 13.7 Å². The van der Waals surface area contributed by atoms with Gasteiger partial charge in [0.1, 0.15) is 17.1 Å². The fourth-order valence-electron chi connectivity index (χ4n) is 2.71. The number of hydrogen-bond acceptors (Lipinski definition) is 3. The Bertz CT molecular complexity index is 825. The topological polar surface area (TPSA) is 36.3 Å². The zero-order chi connectivity index (χ0) is 16.4. The van der Waals surface area contributed by atoms with Crippen LogP contribution in [0.2, 0.25) is 0 Å². The molecule has 1 aromatic carbocycles. The number of nitrogens with zero attached hydrogens (tertiary/aromatic N) is 2. The predicted molar refractivity (Wildman–Crippen MR) is 87.6 cm³/mol. The molecule has 5 heteroatoms. The Morgan fingerprint density at radius 3 is 2.57 bits per heavy atom. The number of pyridine rings is 1. The summed E-state index contributed by atoms with van der Waals surface area (Å²) in [5, 5.41) is 1.10. The highest BCUT2D eigenvalue weighted by molar-refractivity contribution is 5.89. The van der Waals surface area contributed by atoms with E-state index < -0.39 is 0 Å². The molecular weight excluding hydrogens is 295 g/mol. The largest absolute Gasteiger partial charge is 0.437 e. The normalized spacial score (nSPS) is 11.1. The van der Waals surface area contributed by atoms with Crippen LogP contribution in [0.25, 0.3) is 10.9 Å². The van der Waals surface area contributed by atoms with Gasteiger partial charge in [-0.2, -0.15) is 0 Å². The fourth-order valence-corrected chi connectivity index (χ4v) is 2.71. The molecule has 120 valence electrons. The first-order chi connectivity index (χ1) is 11.1. The molecule has 2 aromatic heterocycles. The lowest BCUT2D eigenvalue weighted by Crippen LogP contribution is -2.06. The first-order valence-electron chi connectivity index (χ1n) is 7.48. The van der Waals surface area contributed by atoms with E-state index in [0.717, 1.165) is 23.1 Å². The van der Waals surface area contributed by atoms with Crippen LogP contribution < -0.4 is 4.74 Å². The molecule has 0 aliphatic rings. The lowest BCUT2D eigenvalue weighted by Gasteiger charge is -2.11. The van der Waals surface area contributed by atoms with Gasteiger partial charge in [-0.15, -0.1) is 0 Å². The molecule has 0 N–H and O–H groups in total. The summed E-state index contributed by atoms with van der Waals surface area (Å²) in [5.74, 6) is 0.779. The zero-order valence-corrected chi connectivity index (χ0v) is 13.5. The van der Waals surface area contributed by atoms with Crippen LogP contribution in [-0.4, -0.2) is 23.3 Å². The van der Waals surface area contributed by atoms with Gasteiger partial charge in [0.2, 0.25) is 5.88 Å². The Labute approximate surface area is 134 Å². The highest BCUT2D eigenvalue weighted by Crippen LogP contribution is 2.33. The molecular formula is C18H19FN2O2. The lowest BCUT2D eigenvalue weighted by atomic mass is 10.2. The Hall–Kier alpha value is -2.40. The lowest BCUT2D eigenvalue weighted by molar-refractivity contribution is 0.187. The van der Waals surface area contributed by atoms with Crippen molar-refractivity contribution in [2.24, 2.45) is 0 Å². The standard InChI is InChI=1S/C18H19FN2O2/c1-12-13(2)21(10-11-22-3)17-16(12)8-9-20-18(17)23-15-6-4-14(19)5-7-15/h4-9H,10-11H2,1-3H3. The quantitative estimate of drug-likeness (QED) is 0.707. The first-order valence-corrected chi connectivity index (χ1v) is 7.48. The zero-order valence-electron chi connectivity index (χ0n) is 13.5. The maximum Gasteiger partial charge on any atom is 0.244 e. The molecule has 0 aliphatic heterocycles. The maximum atomic E-state index is 13.0. The van der Waals surface area contributed by atoms with Crippen LogP contribution >= 0.6 is 0 Å². The smallest absolute Gasteiger partial charge is 0.244 e. The molecule has 0 saturated heterocycles. The SMILES string of the molecule is COCCn1c(C)c(C)c2ccnc(Oc3ccc(F)cc3)c21. The van der Waals surface area contributed by atoms with Gasteiger partial charge in [0.05, 0.1) is 6.61 Å². The second-order valence-electron chi connectivity index (χ2n) is 5.42. The Kier molecular flexibility index (Phi) is 4.30. The van der Waals surface area contributed by atoms with Crippen LogP contribution in [0, 0.1) is 19.7 Å². The minimum Gasteiger partial charge on any atom is -0.437 e. The minimum atomic E-state index is -0.293. The summed E-state index contributed by atoms with van der Waals surface area (Å²) in [7, 11) is 1.68. The summed E-state index contributed by atoms with van der Waals surface area (Å²) in [5.41, 5.74) is 3.29. The van der Waals surface area contributed by atoms with E-state index in [-0.39, 0.29) is 5.82 Å². The van der Waals surface area contributed by atoms with Gasteiger partial charge in [-0.1, -0.05) is 0 Å². The number of aromatic nitrogens is 2. The van der Waals surface area contributed by atoms with Gasteiger partial charge in [0.15, 0.2) is 0 Å². The number of rotatable bonds is 5. The maximum absolute atomic E-state index is 13.0. The summed E-state index contributed by atoms with van der Waals surface area (Å²) < 4.78 is 26.3. The van der Waals surface area contributed by atoms with E-state index in [0.29, 0.717) is 18.2 Å². The average molecular weight is 314 g/mol. The molecule has 4 nitrogen and oxygen atoms in total. The van der Waals surface area contributed by atoms with E-state index in [1.165, 1.54) is 17.7 Å². The molecule has 23 heavy (non-hydrogen) atoms. The van der Waals surface area contributed by atoms with Gasteiger partial charge < -0.3 is 14.0 Å². The highest BCUT2D eigenvalue weighted by Gasteiger charge is 2.16. The van der Waals surface area contributed by atoms with Gasteiger partial charge in [-0.25, -0.2) is 9.37 Å². The summed E-state index contributed by atoms with van der Waals surface area (Å²) in [4.78, 5) is 4.37. The van der Waals surface area contributed by atoms with Crippen LogP contribution in [0.3, 0.4) is 0 Å². The van der Waals surface area contributed by atoms with Crippen molar-refractivity contribution < 1.29 is 13.9 Å². The van der Waals surface area contributed by atoms with Crippen molar-refractivity contribution in [2.45, 2.75) is 20.4 Å². The van der Waals surface area contributed by atoms with Crippen molar-refractivity contribution >= 4 is 10.9 Å². The van der Waals surface area contributed by atoms with Crippen molar-refractivity contribution in [1.82, 2.24) is 9.55 Å². The molecule has 0 saturated carbocycles. The van der Waals surface area contributed by atoms with Gasteiger partial charge in [0, 0.05) is 30.9 Å². The van der Waals surface area contributed by atoms with Gasteiger partial charge in [-0.05, 0) is 49.7 Å². The second-order valence-corrected chi connectivity index (χ2v) is 5.42. The molecule has 0 aliphatic carbocycles. The van der Waals surface area contributed by atoms with E-state index in [4.69, 9.17) is 9.47 Å². The van der Waals surface area contributed by atoms with E-state index in [1.54, 1.807) is 25.4 Å². The van der Waals surface area contributed by atoms with Crippen LogP contribution in [0.5, 0.6) is 11.6 Å². The third-order valence-corrected chi connectivity index (χ3v) is 4.06. The number of methoxy groups -OCH3 is 1. The van der Waals surface area contributed by atoms with Crippen LogP contribution in [-0.2, 0) is 11.3 Å². The van der Waals surface area contributed by atoms with Crippen molar-refractivity contribution in [3.05, 3.63) is 53.6 Å². The number of hydrogen-bond donors (Lipinski definition) is 0. The van der Waals surface area contributed by atoms with Crippen LogP contribution in [0.4, 0.5) is 4.39 Å². The van der Waals surface area contributed by atoms with E-state index >= 15 is 0 Å². The van der Waals surface area contributed by atoms with E-state index in [1.807, 2.05) is 6.07 Å². The third kappa shape index (κ3) is 2.92. The number of benzene rings is 1. The van der Waals surface area contributed by atoms with Gasteiger partial charge in [-0.3, -0.25) is 0 Å². The Morgan fingerprint density at radius 1 is 1.13 bits per heavy atom. The Morgan fingerprint density at radius 2 is 1.87 bits per heavy atom. The molecule has 3 rings (SSSR count). The summed E-state index contributed by atoms with van der Waals surface area (Å²) in [6.07, 6.45) is 1.73. The summed E-state index contributed by atoms with van der Waals surface area (Å²) >= 11 is 0. The van der Waals surface area contributed by atoms with Crippen molar-refractivity contribution in [1.29, 1.82) is 0 Å². The van der Waals surface area contributed by atoms with Crippen LogP contribution in [0.1, 0.15) is 11.3 Å². The van der Waals surface area contributed by atoms with Crippen molar-refractivity contribution in [3.8, 4) is 11.6 Å². The molecule has 0 bridgehead atoms. The summed E-state index contributed by atoms with van der Waals surface area (Å²) in [6.45, 7) is 5.49. The highest BCUT2D eigenvalue weighted by atomic mass is 19.1. The number of fused-ring (bicyclic) bond motifs is 1. The Balaban J connectivity index is 2.09. The average Bonchev–Trinajstić information content (AvgIpc) is 2.80. The number of ether oxygens (including phenoxy) is 2. The second kappa shape index (κ2) is 6.38. The molecule has 0 fully saturated rings. The predicted octanol–water partition coefficient (Wildman–Crippen LogP) is 4.23. The molecule has 0 radical (unpaired) electrons. The molecule has 0 atom stereocenters. The van der Waals surface area contributed by atoms with E-state index in [2.05, 4.69) is 23.4 Å². The molecule has 0 spiro atoms. The summed E-state index contributed by atoms with van der Waals surface area (Å²) in [6, 6.07) is 7.92. The third-order valence-electron chi connectivity index (χ3n) is 4.06. The van der Waals surface area contributed by atoms with Gasteiger partial charge in [0.25, 0.3) is 0 Å². The van der Waals surface area contributed by atoms with Crippen molar-refractivity contribution in [3.63, 3.8) is 0 Å². The first kappa shape index (κ1) is 15.5. The van der Waals surface area contributed by atoms with Crippen LogP contribution in [0.15, 0.2) is 36.5 Å². The van der Waals surface area contributed by atoms with E-state index in [9.17, 15) is 4.39 Å². The molecule has 2 heterocycles. The number of halogens is 1. The minimum absolute atomic E-state index is 0.293. The molecule has 0 amide bonds. The fraction of sp³-hybridized carbons (Fsp3) is 0.278. The van der Waals surface area contributed by atoms with Gasteiger partial charge >= 0.3 is 0 Å². The molecule has 3 aromatic rings. The number of aryl methyl sites for hydroxylation is 1. The molecule has 0 unspecified atom stereocenters. The monoisotopic (exact) mass is 314 g/mol.